The van der Waals surface area contributed by atoms with E-state index >= 15 is 0 Å². The molecule has 0 saturated carbocycles. The SMILES string of the molecule is CC(C)(C)C#Cc1ccc(C=C(F)B2OC(C)(C)C(C)(C)O2)cn1. The highest BCUT2D eigenvalue weighted by molar-refractivity contribution is 6.54. The second-order valence-electron chi connectivity index (χ2n) is 8.09. The minimum absolute atomic E-state index is 0.0802. The molecule has 0 spiro atoms. The highest BCUT2D eigenvalue weighted by Gasteiger charge is 2.53. The van der Waals surface area contributed by atoms with E-state index in [1.807, 2.05) is 48.5 Å². The molecule has 1 aromatic heterocycles. The van der Waals surface area contributed by atoms with Crippen LogP contribution in [0.2, 0.25) is 0 Å². The van der Waals surface area contributed by atoms with E-state index < -0.39 is 24.0 Å². The number of halogens is 1. The van der Waals surface area contributed by atoms with E-state index in [2.05, 4.69) is 16.8 Å². The van der Waals surface area contributed by atoms with Crippen LogP contribution in [0.5, 0.6) is 0 Å². The molecule has 1 aliphatic rings. The number of pyridine rings is 1. The molecule has 1 aromatic rings. The van der Waals surface area contributed by atoms with Gasteiger partial charge in [0.1, 0.15) is 11.4 Å². The topological polar surface area (TPSA) is 31.4 Å². The molecule has 1 saturated heterocycles. The van der Waals surface area contributed by atoms with Gasteiger partial charge in [-0.25, -0.2) is 9.37 Å². The van der Waals surface area contributed by atoms with Crippen LogP contribution in [0.3, 0.4) is 0 Å². The lowest BCUT2D eigenvalue weighted by Crippen LogP contribution is -2.41. The van der Waals surface area contributed by atoms with Gasteiger partial charge in [0.05, 0.1) is 11.2 Å². The Morgan fingerprint density at radius 1 is 1.17 bits per heavy atom. The third-order valence-corrected chi connectivity index (χ3v) is 4.13. The molecule has 0 radical (unpaired) electrons. The molecule has 2 heterocycles. The van der Waals surface area contributed by atoms with Gasteiger partial charge in [0.2, 0.25) is 0 Å². The Balaban J connectivity index is 2.13. The Morgan fingerprint density at radius 3 is 2.21 bits per heavy atom. The zero-order valence-corrected chi connectivity index (χ0v) is 15.5. The zero-order chi connectivity index (χ0) is 18.2. The first kappa shape index (κ1) is 18.7. The molecule has 0 amide bonds. The van der Waals surface area contributed by atoms with Crippen molar-refractivity contribution in [3.8, 4) is 11.8 Å². The minimum atomic E-state index is -0.990. The fourth-order valence-electron chi connectivity index (χ4n) is 2.00. The lowest BCUT2D eigenvalue weighted by Gasteiger charge is -2.32. The predicted octanol–water partition coefficient (Wildman–Crippen LogP) is 4.42. The number of nitrogens with zero attached hydrogens (tertiary/aromatic N) is 1. The van der Waals surface area contributed by atoms with Crippen molar-refractivity contribution >= 4 is 13.2 Å². The Hall–Kier alpha value is -1.64. The molecule has 0 atom stereocenters. The van der Waals surface area contributed by atoms with E-state index in [0.29, 0.717) is 11.3 Å². The second-order valence-corrected chi connectivity index (χ2v) is 8.09. The molecule has 24 heavy (non-hydrogen) atoms. The summed E-state index contributed by atoms with van der Waals surface area (Å²) in [5, 5.41) is 0. The van der Waals surface area contributed by atoms with Crippen molar-refractivity contribution in [1.29, 1.82) is 0 Å². The summed E-state index contributed by atoms with van der Waals surface area (Å²) >= 11 is 0. The lowest BCUT2D eigenvalue weighted by atomic mass is 9.87. The molecule has 1 fully saturated rings. The first-order valence-corrected chi connectivity index (χ1v) is 8.12. The van der Waals surface area contributed by atoms with Crippen molar-refractivity contribution in [3.05, 3.63) is 35.3 Å². The van der Waals surface area contributed by atoms with E-state index in [9.17, 15) is 4.39 Å². The molecular weight excluding hydrogens is 304 g/mol. The van der Waals surface area contributed by atoms with E-state index in [0.717, 1.165) is 0 Å². The minimum Gasteiger partial charge on any atom is -0.398 e. The lowest BCUT2D eigenvalue weighted by molar-refractivity contribution is 0.00578. The van der Waals surface area contributed by atoms with Crippen molar-refractivity contribution in [1.82, 2.24) is 4.98 Å². The Kier molecular flexibility index (Phi) is 4.95. The van der Waals surface area contributed by atoms with E-state index in [1.165, 1.54) is 6.08 Å². The summed E-state index contributed by atoms with van der Waals surface area (Å²) in [5.74, 6) is 6.14. The monoisotopic (exact) mass is 329 g/mol. The maximum absolute atomic E-state index is 14.4. The van der Waals surface area contributed by atoms with Gasteiger partial charge < -0.3 is 9.31 Å². The van der Waals surface area contributed by atoms with Gasteiger partial charge in [-0.15, -0.1) is 0 Å². The fraction of sp³-hybridized carbons (Fsp3) is 0.526. The van der Waals surface area contributed by atoms with Gasteiger partial charge in [0.25, 0.3) is 0 Å². The molecule has 0 unspecified atom stereocenters. The van der Waals surface area contributed by atoms with Crippen LogP contribution in [-0.4, -0.2) is 23.3 Å². The number of rotatable bonds is 2. The van der Waals surface area contributed by atoms with Gasteiger partial charge in [-0.1, -0.05) is 12.0 Å². The van der Waals surface area contributed by atoms with Crippen LogP contribution in [0.25, 0.3) is 6.08 Å². The van der Waals surface area contributed by atoms with Gasteiger partial charge in [-0.3, -0.25) is 0 Å². The van der Waals surface area contributed by atoms with Gasteiger partial charge in [0, 0.05) is 11.6 Å². The first-order chi connectivity index (χ1) is 10.9. The number of hydrogen-bond acceptors (Lipinski definition) is 3. The summed E-state index contributed by atoms with van der Waals surface area (Å²) in [5.41, 5.74) is -0.366. The number of hydrogen-bond donors (Lipinski definition) is 0. The quantitative estimate of drug-likeness (QED) is 0.594. The van der Waals surface area contributed by atoms with Crippen molar-refractivity contribution in [2.24, 2.45) is 5.41 Å². The Bertz CT molecular complexity index is 675. The highest BCUT2D eigenvalue weighted by atomic mass is 19.1. The molecule has 0 aromatic carbocycles. The molecule has 5 heteroatoms. The molecule has 0 bridgehead atoms. The molecular formula is C19H25BFNO2. The van der Waals surface area contributed by atoms with E-state index in [4.69, 9.17) is 9.31 Å². The van der Waals surface area contributed by atoms with Crippen LogP contribution in [0.15, 0.2) is 24.1 Å². The normalized spacial score (nSPS) is 19.8. The fourth-order valence-corrected chi connectivity index (χ4v) is 2.00. The van der Waals surface area contributed by atoms with Crippen LogP contribution in [0.4, 0.5) is 4.39 Å². The van der Waals surface area contributed by atoms with Crippen molar-refractivity contribution in [2.45, 2.75) is 59.7 Å². The van der Waals surface area contributed by atoms with Crippen LogP contribution < -0.4 is 0 Å². The number of aromatic nitrogens is 1. The van der Waals surface area contributed by atoms with Crippen LogP contribution in [0.1, 0.15) is 59.7 Å². The van der Waals surface area contributed by atoms with Crippen LogP contribution in [-0.2, 0) is 9.31 Å². The summed E-state index contributed by atoms with van der Waals surface area (Å²) in [6, 6.07) is 3.56. The van der Waals surface area contributed by atoms with Gasteiger partial charge in [-0.2, -0.15) is 0 Å². The van der Waals surface area contributed by atoms with E-state index in [-0.39, 0.29) is 5.41 Å². The largest absolute Gasteiger partial charge is 0.525 e. The highest BCUT2D eigenvalue weighted by Crippen LogP contribution is 2.39. The third-order valence-electron chi connectivity index (χ3n) is 4.13. The third kappa shape index (κ3) is 4.46. The van der Waals surface area contributed by atoms with Gasteiger partial charge >= 0.3 is 7.12 Å². The molecule has 128 valence electrons. The van der Waals surface area contributed by atoms with E-state index in [1.54, 1.807) is 18.3 Å². The molecule has 0 N–H and O–H groups in total. The smallest absolute Gasteiger partial charge is 0.398 e. The van der Waals surface area contributed by atoms with Crippen molar-refractivity contribution in [3.63, 3.8) is 0 Å². The maximum atomic E-state index is 14.4. The van der Waals surface area contributed by atoms with Gasteiger partial charge in [0.15, 0.2) is 0 Å². The van der Waals surface area contributed by atoms with Crippen molar-refractivity contribution in [2.75, 3.05) is 0 Å². The molecule has 2 rings (SSSR count). The average molecular weight is 329 g/mol. The predicted molar refractivity (Wildman–Crippen MR) is 95.7 cm³/mol. The maximum Gasteiger partial charge on any atom is 0.525 e. The van der Waals surface area contributed by atoms with Crippen LogP contribution in [0, 0.1) is 17.3 Å². The average Bonchev–Trinajstić information content (AvgIpc) is 2.66. The summed E-state index contributed by atoms with van der Waals surface area (Å²) < 4.78 is 25.8. The van der Waals surface area contributed by atoms with Gasteiger partial charge in [-0.05, 0) is 72.1 Å². The Labute approximate surface area is 144 Å². The molecule has 3 nitrogen and oxygen atoms in total. The first-order valence-electron chi connectivity index (χ1n) is 8.12. The standard InChI is InChI=1S/C19H25BFNO2/c1-17(2,3)11-10-15-9-8-14(13-22-15)12-16(21)20-23-18(4,5)19(6,7)24-20/h8-9,12-13H,1-7H3. The molecule has 1 aliphatic heterocycles. The van der Waals surface area contributed by atoms with Crippen LogP contribution >= 0.6 is 0 Å². The summed E-state index contributed by atoms with van der Waals surface area (Å²) in [7, 11) is -0.990. The van der Waals surface area contributed by atoms with Crippen molar-refractivity contribution < 1.29 is 13.7 Å². The second kappa shape index (κ2) is 6.35. The zero-order valence-electron chi connectivity index (χ0n) is 15.5. The summed E-state index contributed by atoms with van der Waals surface area (Å²) in [6.07, 6.45) is 2.98. The Morgan fingerprint density at radius 2 is 1.75 bits per heavy atom. The summed E-state index contributed by atoms with van der Waals surface area (Å²) in [4.78, 5) is 4.25. The summed E-state index contributed by atoms with van der Waals surface area (Å²) in [6.45, 7) is 13.7. The molecule has 0 aliphatic carbocycles.